The molecule has 1 heterocycles. The maximum atomic E-state index is 9.97. The van der Waals surface area contributed by atoms with Crippen molar-refractivity contribution in [2.45, 2.75) is 38.5 Å². The Morgan fingerprint density at radius 2 is 2.11 bits per heavy atom. The zero-order valence-electron chi connectivity index (χ0n) is 11.6. The average Bonchev–Trinajstić information content (AvgIpc) is 3.22. The lowest BCUT2D eigenvalue weighted by Crippen LogP contribution is -2.48. The van der Waals surface area contributed by atoms with Crippen molar-refractivity contribution < 1.29 is 9.84 Å². The molecular formula is C16H23NO2. The number of hydrogen-bond donors (Lipinski definition) is 1. The topological polar surface area (TPSA) is 32.7 Å². The van der Waals surface area contributed by atoms with Crippen molar-refractivity contribution in [1.29, 1.82) is 0 Å². The van der Waals surface area contributed by atoms with Gasteiger partial charge >= 0.3 is 0 Å². The third kappa shape index (κ3) is 2.69. The van der Waals surface area contributed by atoms with E-state index >= 15 is 0 Å². The fraction of sp³-hybridized carbons (Fsp3) is 0.625. The number of aliphatic hydroxyl groups is 1. The van der Waals surface area contributed by atoms with Crippen LogP contribution in [0.2, 0.25) is 0 Å². The van der Waals surface area contributed by atoms with E-state index in [4.69, 9.17) is 4.74 Å². The van der Waals surface area contributed by atoms with E-state index in [9.17, 15) is 5.11 Å². The normalized spacial score (nSPS) is 28.0. The summed E-state index contributed by atoms with van der Waals surface area (Å²) in [6, 6.07) is 10.6. The first-order valence-electron chi connectivity index (χ1n) is 7.27. The van der Waals surface area contributed by atoms with Gasteiger partial charge in [-0.2, -0.15) is 0 Å². The smallest absolute Gasteiger partial charge is 0.0783 e. The highest BCUT2D eigenvalue weighted by Crippen LogP contribution is 2.53. The average molecular weight is 261 g/mol. The number of benzene rings is 1. The molecule has 1 N–H and O–H groups in total. The molecule has 3 nitrogen and oxygen atoms in total. The second-order valence-corrected chi connectivity index (χ2v) is 5.99. The Kier molecular flexibility index (Phi) is 3.61. The van der Waals surface area contributed by atoms with Crippen molar-refractivity contribution in [1.82, 2.24) is 4.90 Å². The fourth-order valence-electron chi connectivity index (χ4n) is 3.19. The Bertz CT molecular complexity index is 414. The molecule has 3 heteroatoms. The van der Waals surface area contributed by atoms with Gasteiger partial charge in [0.2, 0.25) is 0 Å². The van der Waals surface area contributed by atoms with E-state index in [1.807, 2.05) is 6.92 Å². The van der Waals surface area contributed by atoms with Crippen molar-refractivity contribution in [3.63, 3.8) is 0 Å². The van der Waals surface area contributed by atoms with Gasteiger partial charge in [-0.25, -0.2) is 0 Å². The quantitative estimate of drug-likeness (QED) is 0.900. The summed E-state index contributed by atoms with van der Waals surface area (Å²) in [4.78, 5) is 2.45. The number of ether oxygens (including phenoxy) is 1. The fourth-order valence-corrected chi connectivity index (χ4v) is 3.19. The third-order valence-electron chi connectivity index (χ3n) is 4.70. The van der Waals surface area contributed by atoms with Crippen LogP contribution in [0.15, 0.2) is 30.3 Å². The van der Waals surface area contributed by atoms with Gasteiger partial charge in [0, 0.05) is 25.0 Å². The van der Waals surface area contributed by atoms with Crippen molar-refractivity contribution in [2.24, 2.45) is 5.41 Å². The van der Waals surface area contributed by atoms with Crippen LogP contribution in [-0.4, -0.2) is 41.9 Å². The van der Waals surface area contributed by atoms with Crippen LogP contribution in [0.1, 0.15) is 25.3 Å². The summed E-state index contributed by atoms with van der Waals surface area (Å²) in [5.74, 6) is 0. The predicted molar refractivity (Wildman–Crippen MR) is 74.8 cm³/mol. The van der Waals surface area contributed by atoms with E-state index in [1.54, 1.807) is 0 Å². The van der Waals surface area contributed by atoms with E-state index in [-0.39, 0.29) is 17.6 Å². The first kappa shape index (κ1) is 13.1. The molecule has 0 radical (unpaired) electrons. The van der Waals surface area contributed by atoms with E-state index in [1.165, 1.54) is 5.56 Å². The highest BCUT2D eigenvalue weighted by atomic mass is 16.5. The molecule has 0 spiro atoms. The first-order chi connectivity index (χ1) is 9.21. The molecule has 1 aliphatic heterocycles. The molecule has 1 aliphatic carbocycles. The van der Waals surface area contributed by atoms with Gasteiger partial charge in [0.05, 0.1) is 18.8 Å². The van der Waals surface area contributed by atoms with Crippen LogP contribution in [-0.2, 0) is 11.3 Å². The van der Waals surface area contributed by atoms with Crippen LogP contribution in [0.25, 0.3) is 0 Å². The highest BCUT2D eigenvalue weighted by Gasteiger charge is 2.54. The SMILES string of the molecule is CC(O)C1(C2CN(Cc3ccccc3)CCO2)CC1. The Hall–Kier alpha value is -0.900. The molecule has 1 aromatic rings. The lowest BCUT2D eigenvalue weighted by atomic mass is 9.92. The number of hydrogen-bond acceptors (Lipinski definition) is 3. The van der Waals surface area contributed by atoms with Crippen LogP contribution in [0.4, 0.5) is 0 Å². The maximum Gasteiger partial charge on any atom is 0.0783 e. The molecule has 2 unspecified atom stereocenters. The van der Waals surface area contributed by atoms with E-state index in [2.05, 4.69) is 35.2 Å². The third-order valence-corrected chi connectivity index (χ3v) is 4.70. The Balaban J connectivity index is 1.63. The van der Waals surface area contributed by atoms with Gasteiger partial charge in [-0.15, -0.1) is 0 Å². The zero-order chi connectivity index (χ0) is 13.3. The van der Waals surface area contributed by atoms with Crippen LogP contribution in [0.5, 0.6) is 0 Å². The lowest BCUT2D eigenvalue weighted by Gasteiger charge is -2.38. The van der Waals surface area contributed by atoms with Gasteiger partial charge in [-0.1, -0.05) is 30.3 Å². The van der Waals surface area contributed by atoms with E-state index < -0.39 is 0 Å². The Labute approximate surface area is 115 Å². The summed E-state index contributed by atoms with van der Waals surface area (Å²) in [6.07, 6.45) is 2.15. The largest absolute Gasteiger partial charge is 0.393 e. The van der Waals surface area contributed by atoms with Crippen LogP contribution in [0.3, 0.4) is 0 Å². The van der Waals surface area contributed by atoms with Crippen molar-refractivity contribution in [3.8, 4) is 0 Å². The summed E-state index contributed by atoms with van der Waals surface area (Å²) >= 11 is 0. The summed E-state index contributed by atoms with van der Waals surface area (Å²) < 4.78 is 5.93. The van der Waals surface area contributed by atoms with Crippen molar-refractivity contribution in [2.75, 3.05) is 19.7 Å². The molecule has 1 aromatic carbocycles. The molecule has 2 aliphatic rings. The number of rotatable bonds is 4. The van der Waals surface area contributed by atoms with Crippen LogP contribution < -0.4 is 0 Å². The van der Waals surface area contributed by atoms with Gasteiger partial charge in [0.1, 0.15) is 0 Å². The van der Waals surface area contributed by atoms with Gasteiger partial charge in [0.15, 0.2) is 0 Å². The highest BCUT2D eigenvalue weighted by molar-refractivity contribution is 5.15. The Morgan fingerprint density at radius 1 is 1.37 bits per heavy atom. The van der Waals surface area contributed by atoms with Gasteiger partial charge in [-0.3, -0.25) is 4.90 Å². The number of nitrogens with zero attached hydrogens (tertiary/aromatic N) is 1. The van der Waals surface area contributed by atoms with Crippen LogP contribution >= 0.6 is 0 Å². The second-order valence-electron chi connectivity index (χ2n) is 5.99. The first-order valence-corrected chi connectivity index (χ1v) is 7.27. The van der Waals surface area contributed by atoms with Gasteiger partial charge in [0.25, 0.3) is 0 Å². The second kappa shape index (κ2) is 5.23. The zero-order valence-corrected chi connectivity index (χ0v) is 11.6. The molecule has 1 saturated heterocycles. The maximum absolute atomic E-state index is 9.97. The van der Waals surface area contributed by atoms with Gasteiger partial charge in [-0.05, 0) is 25.3 Å². The molecule has 0 aromatic heterocycles. The molecule has 19 heavy (non-hydrogen) atoms. The van der Waals surface area contributed by atoms with Crippen molar-refractivity contribution >= 4 is 0 Å². The molecule has 0 amide bonds. The van der Waals surface area contributed by atoms with Crippen LogP contribution in [0, 0.1) is 5.41 Å². The minimum absolute atomic E-state index is 0.0371. The van der Waals surface area contributed by atoms with Crippen molar-refractivity contribution in [3.05, 3.63) is 35.9 Å². The minimum atomic E-state index is -0.255. The van der Waals surface area contributed by atoms with E-state index in [0.717, 1.165) is 39.1 Å². The standard InChI is InChI=1S/C16H23NO2/c1-13(18)16(7-8-16)15-12-17(9-10-19-15)11-14-5-3-2-4-6-14/h2-6,13,15,18H,7-12H2,1H3. The summed E-state index contributed by atoms with van der Waals surface area (Å²) in [6.45, 7) is 5.61. The number of aliphatic hydroxyl groups excluding tert-OH is 1. The van der Waals surface area contributed by atoms with E-state index in [0.29, 0.717) is 0 Å². The molecule has 0 bridgehead atoms. The molecule has 2 fully saturated rings. The monoisotopic (exact) mass is 261 g/mol. The lowest BCUT2D eigenvalue weighted by molar-refractivity contribution is -0.0959. The Morgan fingerprint density at radius 3 is 2.74 bits per heavy atom. The molecule has 1 saturated carbocycles. The molecular weight excluding hydrogens is 238 g/mol. The summed E-state index contributed by atoms with van der Waals surface area (Å²) in [5, 5.41) is 9.97. The van der Waals surface area contributed by atoms with Gasteiger partial charge < -0.3 is 9.84 Å². The summed E-state index contributed by atoms with van der Waals surface area (Å²) in [5.41, 5.74) is 1.39. The minimum Gasteiger partial charge on any atom is -0.393 e. The molecule has 2 atom stereocenters. The molecule has 3 rings (SSSR count). The predicted octanol–water partition coefficient (Wildman–Crippen LogP) is 2.05. The number of morpholine rings is 1. The molecule has 104 valence electrons. The summed E-state index contributed by atoms with van der Waals surface area (Å²) in [7, 11) is 0.